The Kier molecular flexibility index (Phi) is 5.10. The summed E-state index contributed by atoms with van der Waals surface area (Å²) in [6.45, 7) is 6.96. The van der Waals surface area contributed by atoms with Crippen molar-refractivity contribution in [2.75, 3.05) is 32.8 Å². The standard InChI is InChI=1S/C15H22FN3O3/c1-15(2,10-20)14(18-7-5-17-6-8-18)11-3-4-12(16)13(9-11)19(21)22/h3-4,9,14,17,20H,5-8,10H2,1-2H3/t14-/m1/s1. The zero-order valence-corrected chi connectivity index (χ0v) is 12.9. The highest BCUT2D eigenvalue weighted by molar-refractivity contribution is 5.38. The SMILES string of the molecule is CC(C)(CO)[C@@H](c1ccc(F)c([N+](=O)[O-])c1)N1CCNCC1. The van der Waals surface area contributed by atoms with Gasteiger partial charge in [0, 0.05) is 50.3 Å². The van der Waals surface area contributed by atoms with E-state index < -0.39 is 21.8 Å². The summed E-state index contributed by atoms with van der Waals surface area (Å²) >= 11 is 0. The molecule has 2 N–H and O–H groups in total. The maximum atomic E-state index is 13.6. The third-order valence-electron chi connectivity index (χ3n) is 4.15. The Morgan fingerprint density at radius 2 is 2.09 bits per heavy atom. The lowest BCUT2D eigenvalue weighted by atomic mass is 9.79. The second-order valence-corrected chi connectivity index (χ2v) is 6.30. The van der Waals surface area contributed by atoms with Gasteiger partial charge in [-0.15, -0.1) is 0 Å². The van der Waals surface area contributed by atoms with Crippen LogP contribution >= 0.6 is 0 Å². The first-order valence-electron chi connectivity index (χ1n) is 7.36. The molecule has 22 heavy (non-hydrogen) atoms. The highest BCUT2D eigenvalue weighted by Gasteiger charge is 2.36. The number of aliphatic hydroxyl groups excluding tert-OH is 1. The minimum atomic E-state index is -0.838. The summed E-state index contributed by atoms with van der Waals surface area (Å²) in [5, 5.41) is 24.0. The fourth-order valence-electron chi connectivity index (χ4n) is 3.02. The Labute approximate surface area is 129 Å². The van der Waals surface area contributed by atoms with Crippen LogP contribution in [0.4, 0.5) is 10.1 Å². The molecule has 0 spiro atoms. The number of hydrogen-bond donors (Lipinski definition) is 2. The Morgan fingerprint density at radius 1 is 1.45 bits per heavy atom. The lowest BCUT2D eigenvalue weighted by molar-refractivity contribution is -0.387. The molecule has 0 amide bonds. The van der Waals surface area contributed by atoms with E-state index in [1.807, 2.05) is 13.8 Å². The molecule has 122 valence electrons. The zero-order valence-electron chi connectivity index (χ0n) is 12.9. The van der Waals surface area contributed by atoms with Crippen molar-refractivity contribution in [1.29, 1.82) is 0 Å². The number of aliphatic hydroxyl groups is 1. The maximum absolute atomic E-state index is 13.6. The van der Waals surface area contributed by atoms with Crippen LogP contribution in [0.25, 0.3) is 0 Å². The van der Waals surface area contributed by atoms with Crippen LogP contribution in [-0.2, 0) is 0 Å². The fourth-order valence-corrected chi connectivity index (χ4v) is 3.02. The summed E-state index contributed by atoms with van der Waals surface area (Å²) in [4.78, 5) is 12.5. The molecular weight excluding hydrogens is 289 g/mol. The van der Waals surface area contributed by atoms with E-state index >= 15 is 0 Å². The molecule has 1 aliphatic rings. The van der Waals surface area contributed by atoms with Gasteiger partial charge >= 0.3 is 5.69 Å². The van der Waals surface area contributed by atoms with E-state index in [-0.39, 0.29) is 12.6 Å². The van der Waals surface area contributed by atoms with Gasteiger partial charge in [-0.1, -0.05) is 19.9 Å². The Hall–Kier alpha value is -1.57. The van der Waals surface area contributed by atoms with Crippen LogP contribution < -0.4 is 5.32 Å². The van der Waals surface area contributed by atoms with Crippen LogP contribution in [0.5, 0.6) is 0 Å². The molecule has 1 heterocycles. The average Bonchev–Trinajstić information content (AvgIpc) is 2.50. The molecule has 7 heteroatoms. The van der Waals surface area contributed by atoms with Gasteiger partial charge in [0.1, 0.15) is 0 Å². The molecule has 1 aromatic rings. The molecule has 0 saturated carbocycles. The number of rotatable bonds is 5. The number of nitrogens with one attached hydrogen (secondary N) is 1. The van der Waals surface area contributed by atoms with Gasteiger partial charge in [-0.3, -0.25) is 15.0 Å². The molecule has 1 saturated heterocycles. The van der Waals surface area contributed by atoms with E-state index in [0.717, 1.165) is 32.2 Å². The predicted molar refractivity (Wildman–Crippen MR) is 81.1 cm³/mol. The third kappa shape index (κ3) is 3.43. The fraction of sp³-hybridized carbons (Fsp3) is 0.600. The molecular formula is C15H22FN3O3. The van der Waals surface area contributed by atoms with Crippen molar-refractivity contribution in [2.24, 2.45) is 5.41 Å². The summed E-state index contributed by atoms with van der Waals surface area (Å²) < 4.78 is 13.6. The molecule has 6 nitrogen and oxygen atoms in total. The number of nitro benzene ring substituents is 1. The first kappa shape index (κ1) is 16.8. The first-order valence-corrected chi connectivity index (χ1v) is 7.36. The number of piperazine rings is 1. The minimum absolute atomic E-state index is 0.0627. The van der Waals surface area contributed by atoms with Crippen molar-refractivity contribution in [2.45, 2.75) is 19.9 Å². The van der Waals surface area contributed by atoms with Gasteiger partial charge in [0.05, 0.1) is 4.92 Å². The van der Waals surface area contributed by atoms with Crippen molar-refractivity contribution in [3.63, 3.8) is 0 Å². The van der Waals surface area contributed by atoms with Crippen LogP contribution in [0, 0.1) is 21.3 Å². The lowest BCUT2D eigenvalue weighted by Gasteiger charge is -2.43. The monoisotopic (exact) mass is 311 g/mol. The lowest BCUT2D eigenvalue weighted by Crippen LogP contribution is -2.49. The summed E-state index contributed by atoms with van der Waals surface area (Å²) in [5.74, 6) is -0.838. The molecule has 0 aliphatic carbocycles. The van der Waals surface area contributed by atoms with E-state index in [1.165, 1.54) is 6.07 Å². The van der Waals surface area contributed by atoms with Crippen LogP contribution in [0.1, 0.15) is 25.5 Å². The minimum Gasteiger partial charge on any atom is -0.396 e. The van der Waals surface area contributed by atoms with Crippen molar-refractivity contribution < 1.29 is 14.4 Å². The van der Waals surface area contributed by atoms with Crippen LogP contribution in [0.3, 0.4) is 0 Å². The molecule has 1 atom stereocenters. The summed E-state index contributed by atoms with van der Waals surface area (Å²) in [7, 11) is 0. The van der Waals surface area contributed by atoms with Crippen molar-refractivity contribution in [3.8, 4) is 0 Å². The zero-order chi connectivity index (χ0) is 16.3. The van der Waals surface area contributed by atoms with E-state index in [9.17, 15) is 19.6 Å². The molecule has 0 aromatic heterocycles. The van der Waals surface area contributed by atoms with Crippen molar-refractivity contribution in [1.82, 2.24) is 10.2 Å². The van der Waals surface area contributed by atoms with Crippen molar-refractivity contribution in [3.05, 3.63) is 39.7 Å². The van der Waals surface area contributed by atoms with Gasteiger partial charge in [0.15, 0.2) is 0 Å². The number of hydrogen-bond acceptors (Lipinski definition) is 5. The molecule has 0 radical (unpaired) electrons. The van der Waals surface area contributed by atoms with Gasteiger partial charge in [-0.05, 0) is 11.6 Å². The predicted octanol–water partition coefficient (Wildman–Crippen LogP) is 1.70. The van der Waals surface area contributed by atoms with Gasteiger partial charge < -0.3 is 10.4 Å². The van der Waals surface area contributed by atoms with E-state index in [4.69, 9.17) is 0 Å². The highest BCUT2D eigenvalue weighted by Crippen LogP contribution is 2.39. The summed E-state index contributed by atoms with van der Waals surface area (Å²) in [6, 6.07) is 3.79. The van der Waals surface area contributed by atoms with Gasteiger partial charge in [-0.25, -0.2) is 0 Å². The van der Waals surface area contributed by atoms with Crippen LogP contribution in [0.15, 0.2) is 18.2 Å². The number of halogens is 1. The molecule has 0 bridgehead atoms. The molecule has 1 aromatic carbocycles. The van der Waals surface area contributed by atoms with E-state index in [0.29, 0.717) is 5.56 Å². The smallest absolute Gasteiger partial charge is 0.305 e. The van der Waals surface area contributed by atoms with Gasteiger partial charge in [0.25, 0.3) is 0 Å². The molecule has 2 rings (SSSR count). The first-order chi connectivity index (χ1) is 10.4. The summed E-state index contributed by atoms with van der Waals surface area (Å²) in [6.07, 6.45) is 0. The second-order valence-electron chi connectivity index (χ2n) is 6.30. The Morgan fingerprint density at radius 3 is 2.64 bits per heavy atom. The Bertz CT molecular complexity index is 545. The third-order valence-corrected chi connectivity index (χ3v) is 4.15. The van der Waals surface area contributed by atoms with Gasteiger partial charge in [0.2, 0.25) is 5.82 Å². The largest absolute Gasteiger partial charge is 0.396 e. The number of nitro groups is 1. The van der Waals surface area contributed by atoms with E-state index in [2.05, 4.69) is 10.2 Å². The second kappa shape index (κ2) is 6.68. The summed E-state index contributed by atoms with van der Waals surface area (Å²) in [5.41, 5.74) is -0.358. The average molecular weight is 311 g/mol. The quantitative estimate of drug-likeness (QED) is 0.639. The maximum Gasteiger partial charge on any atom is 0.305 e. The highest BCUT2D eigenvalue weighted by atomic mass is 19.1. The topological polar surface area (TPSA) is 78.6 Å². The van der Waals surface area contributed by atoms with Crippen LogP contribution in [-0.4, -0.2) is 47.7 Å². The molecule has 1 aliphatic heterocycles. The molecule has 0 unspecified atom stereocenters. The number of nitrogens with zero attached hydrogens (tertiary/aromatic N) is 2. The van der Waals surface area contributed by atoms with Gasteiger partial charge in [-0.2, -0.15) is 4.39 Å². The van der Waals surface area contributed by atoms with E-state index in [1.54, 1.807) is 6.07 Å². The van der Waals surface area contributed by atoms with Crippen LogP contribution in [0.2, 0.25) is 0 Å². The molecule has 1 fully saturated rings. The Balaban J connectivity index is 2.44. The van der Waals surface area contributed by atoms with Crippen molar-refractivity contribution >= 4 is 5.69 Å². The normalized spacial score (nSPS) is 18.2. The number of benzene rings is 1.